The molecule has 116 valence electrons. The lowest BCUT2D eigenvalue weighted by Crippen LogP contribution is -2.05. The minimum absolute atomic E-state index is 0.233. The molecule has 2 rings (SSSR count). The lowest BCUT2D eigenvalue weighted by molar-refractivity contribution is -0.137. The maximum Gasteiger partial charge on any atom is 0.416 e. The van der Waals surface area contributed by atoms with Gasteiger partial charge in [0.15, 0.2) is 0 Å². The van der Waals surface area contributed by atoms with Gasteiger partial charge in [-0.1, -0.05) is 12.1 Å². The number of hydrogen-bond donors (Lipinski definition) is 0. The van der Waals surface area contributed by atoms with Crippen LogP contribution in [0.15, 0.2) is 54.6 Å². The zero-order chi connectivity index (χ0) is 16.9. The highest BCUT2D eigenvalue weighted by Gasteiger charge is 2.30. The van der Waals surface area contributed by atoms with E-state index in [4.69, 9.17) is 10.00 Å². The molecule has 0 aromatic heterocycles. The molecule has 2 aromatic rings. The number of alkyl halides is 3. The van der Waals surface area contributed by atoms with Gasteiger partial charge >= 0.3 is 12.1 Å². The average molecular weight is 317 g/mol. The van der Waals surface area contributed by atoms with E-state index in [-0.39, 0.29) is 11.3 Å². The third-order valence-corrected chi connectivity index (χ3v) is 2.83. The van der Waals surface area contributed by atoms with E-state index in [1.807, 2.05) is 6.07 Å². The van der Waals surface area contributed by atoms with E-state index in [2.05, 4.69) is 0 Å². The minimum atomic E-state index is -4.44. The van der Waals surface area contributed by atoms with Crippen molar-refractivity contribution in [2.45, 2.75) is 6.18 Å². The monoisotopic (exact) mass is 317 g/mol. The first-order valence-electron chi connectivity index (χ1n) is 6.46. The first-order valence-corrected chi connectivity index (χ1v) is 6.46. The van der Waals surface area contributed by atoms with Gasteiger partial charge in [0.1, 0.15) is 5.75 Å². The number of ether oxygens (including phenoxy) is 1. The summed E-state index contributed by atoms with van der Waals surface area (Å²) in [5.74, 6) is -0.491. The van der Waals surface area contributed by atoms with Crippen molar-refractivity contribution in [1.29, 1.82) is 5.26 Å². The van der Waals surface area contributed by atoms with E-state index in [1.54, 1.807) is 0 Å². The smallest absolute Gasteiger partial charge is 0.416 e. The molecule has 0 aliphatic carbocycles. The first kappa shape index (κ1) is 16.3. The second kappa shape index (κ2) is 6.79. The van der Waals surface area contributed by atoms with Crippen molar-refractivity contribution in [2.75, 3.05) is 0 Å². The number of nitriles is 1. The van der Waals surface area contributed by atoms with Gasteiger partial charge in [0.25, 0.3) is 0 Å². The Hall–Kier alpha value is -3.07. The van der Waals surface area contributed by atoms with Crippen LogP contribution in [0.4, 0.5) is 13.2 Å². The Balaban J connectivity index is 2.05. The lowest BCUT2D eigenvalue weighted by Gasteiger charge is -2.06. The van der Waals surface area contributed by atoms with Crippen molar-refractivity contribution >= 4 is 12.0 Å². The van der Waals surface area contributed by atoms with Gasteiger partial charge in [-0.2, -0.15) is 18.4 Å². The van der Waals surface area contributed by atoms with Crippen LogP contribution in [0.5, 0.6) is 5.75 Å². The second-order valence-electron chi connectivity index (χ2n) is 4.51. The number of esters is 1. The normalized spacial score (nSPS) is 11.2. The number of carbonyl (C=O) groups excluding carboxylic acids is 1. The molecular formula is C17H10F3NO2. The van der Waals surface area contributed by atoms with Crippen LogP contribution < -0.4 is 4.74 Å². The van der Waals surface area contributed by atoms with Gasteiger partial charge in [-0.25, -0.2) is 4.79 Å². The molecule has 0 heterocycles. The van der Waals surface area contributed by atoms with Crippen LogP contribution in [0.25, 0.3) is 6.08 Å². The van der Waals surface area contributed by atoms with Crippen LogP contribution >= 0.6 is 0 Å². The van der Waals surface area contributed by atoms with Crippen LogP contribution in [0.2, 0.25) is 0 Å². The number of carbonyl (C=O) groups is 1. The Morgan fingerprint density at radius 2 is 1.83 bits per heavy atom. The van der Waals surface area contributed by atoms with Gasteiger partial charge in [0, 0.05) is 6.08 Å². The molecule has 0 aliphatic rings. The standard InChI is InChI=1S/C17H10F3NO2/c18-17(19,20)14-3-1-2-12(10-14)6-9-16(22)23-15-7-4-13(11-21)5-8-15/h1-10H/b9-6+. The molecule has 0 saturated carbocycles. The second-order valence-corrected chi connectivity index (χ2v) is 4.51. The quantitative estimate of drug-likeness (QED) is 0.484. The summed E-state index contributed by atoms with van der Waals surface area (Å²) in [5, 5.41) is 8.65. The van der Waals surface area contributed by atoms with Crippen LogP contribution in [-0.2, 0) is 11.0 Å². The van der Waals surface area contributed by atoms with Gasteiger partial charge in [-0.3, -0.25) is 0 Å². The van der Waals surface area contributed by atoms with Crippen LogP contribution in [0.1, 0.15) is 16.7 Å². The Bertz CT molecular complexity index is 772. The van der Waals surface area contributed by atoms with Crippen LogP contribution in [0.3, 0.4) is 0 Å². The predicted octanol–water partition coefficient (Wildman–Crippen LogP) is 4.20. The molecule has 0 radical (unpaired) electrons. The van der Waals surface area contributed by atoms with Gasteiger partial charge in [0.05, 0.1) is 17.2 Å². The summed E-state index contributed by atoms with van der Waals surface area (Å²) in [6.45, 7) is 0. The summed E-state index contributed by atoms with van der Waals surface area (Å²) in [5.41, 5.74) is -0.138. The molecule has 0 aliphatic heterocycles. The highest BCUT2D eigenvalue weighted by molar-refractivity contribution is 5.88. The molecule has 2 aromatic carbocycles. The zero-order valence-electron chi connectivity index (χ0n) is 11.7. The average Bonchev–Trinajstić information content (AvgIpc) is 2.53. The topological polar surface area (TPSA) is 50.1 Å². The molecule has 3 nitrogen and oxygen atoms in total. The summed E-state index contributed by atoms with van der Waals surface area (Å²) in [6, 6.07) is 12.4. The van der Waals surface area contributed by atoms with E-state index in [1.165, 1.54) is 42.5 Å². The van der Waals surface area contributed by atoms with Crippen molar-refractivity contribution in [1.82, 2.24) is 0 Å². The van der Waals surface area contributed by atoms with Gasteiger partial charge in [-0.05, 0) is 48.0 Å². The fraction of sp³-hybridized carbons (Fsp3) is 0.0588. The summed E-state index contributed by atoms with van der Waals surface area (Å²) < 4.78 is 42.7. The maximum absolute atomic E-state index is 12.6. The summed E-state index contributed by atoms with van der Waals surface area (Å²) in [7, 11) is 0. The number of halogens is 3. The molecule has 23 heavy (non-hydrogen) atoms. The maximum atomic E-state index is 12.6. The molecule has 0 bridgehead atoms. The van der Waals surface area contributed by atoms with Crippen molar-refractivity contribution < 1.29 is 22.7 Å². The van der Waals surface area contributed by atoms with Gasteiger partial charge < -0.3 is 4.74 Å². The molecule has 0 spiro atoms. The van der Waals surface area contributed by atoms with Crippen molar-refractivity contribution in [3.05, 3.63) is 71.3 Å². The number of hydrogen-bond acceptors (Lipinski definition) is 3. The summed E-state index contributed by atoms with van der Waals surface area (Å²) >= 11 is 0. The molecule has 0 atom stereocenters. The molecule has 0 N–H and O–H groups in total. The fourth-order valence-electron chi connectivity index (χ4n) is 1.73. The van der Waals surface area contributed by atoms with E-state index in [0.717, 1.165) is 18.2 Å². The van der Waals surface area contributed by atoms with Crippen molar-refractivity contribution in [2.24, 2.45) is 0 Å². The van der Waals surface area contributed by atoms with Crippen molar-refractivity contribution in [3.8, 4) is 11.8 Å². The van der Waals surface area contributed by atoms with E-state index in [9.17, 15) is 18.0 Å². The number of benzene rings is 2. The number of nitrogens with zero attached hydrogens (tertiary/aromatic N) is 1. The number of rotatable bonds is 3. The Kier molecular flexibility index (Phi) is 4.82. The Morgan fingerprint density at radius 1 is 1.13 bits per heavy atom. The van der Waals surface area contributed by atoms with E-state index < -0.39 is 17.7 Å². The molecule has 0 amide bonds. The fourth-order valence-corrected chi connectivity index (χ4v) is 1.73. The van der Waals surface area contributed by atoms with Gasteiger partial charge in [-0.15, -0.1) is 0 Å². The third kappa shape index (κ3) is 4.71. The Labute approximate surface area is 130 Å². The van der Waals surface area contributed by atoms with Crippen LogP contribution in [0, 0.1) is 11.3 Å². The summed E-state index contributed by atoms with van der Waals surface area (Å²) in [6.07, 6.45) is -2.16. The molecule has 0 saturated heterocycles. The Morgan fingerprint density at radius 3 is 2.43 bits per heavy atom. The molecule has 0 unspecified atom stereocenters. The minimum Gasteiger partial charge on any atom is -0.423 e. The highest BCUT2D eigenvalue weighted by atomic mass is 19.4. The third-order valence-electron chi connectivity index (χ3n) is 2.83. The molecular weight excluding hydrogens is 307 g/mol. The highest BCUT2D eigenvalue weighted by Crippen LogP contribution is 2.29. The van der Waals surface area contributed by atoms with Crippen molar-refractivity contribution in [3.63, 3.8) is 0 Å². The zero-order valence-corrected chi connectivity index (χ0v) is 11.7. The van der Waals surface area contributed by atoms with Crippen LogP contribution in [-0.4, -0.2) is 5.97 Å². The largest absolute Gasteiger partial charge is 0.423 e. The summed E-state index contributed by atoms with van der Waals surface area (Å²) in [4.78, 5) is 11.6. The van der Waals surface area contributed by atoms with Gasteiger partial charge in [0.2, 0.25) is 0 Å². The predicted molar refractivity (Wildman–Crippen MR) is 77.3 cm³/mol. The lowest BCUT2D eigenvalue weighted by atomic mass is 10.1. The molecule has 0 fully saturated rings. The SMILES string of the molecule is N#Cc1ccc(OC(=O)/C=C/c2cccc(C(F)(F)F)c2)cc1. The first-order chi connectivity index (χ1) is 10.9. The van der Waals surface area contributed by atoms with E-state index in [0.29, 0.717) is 5.56 Å². The van der Waals surface area contributed by atoms with E-state index >= 15 is 0 Å². The molecule has 6 heteroatoms.